The number of rotatable bonds is 1. The van der Waals surface area contributed by atoms with E-state index in [0.29, 0.717) is 5.69 Å². The van der Waals surface area contributed by atoms with E-state index < -0.39 is 0 Å². The van der Waals surface area contributed by atoms with Gasteiger partial charge in [0.1, 0.15) is 11.7 Å². The van der Waals surface area contributed by atoms with Crippen molar-refractivity contribution in [3.63, 3.8) is 0 Å². The average Bonchev–Trinajstić information content (AvgIpc) is 2.24. The summed E-state index contributed by atoms with van der Waals surface area (Å²) in [5, 5.41) is 3.05. The molecule has 0 aliphatic carbocycles. The van der Waals surface area contributed by atoms with Crippen LogP contribution in [0.2, 0.25) is 0 Å². The molecule has 0 spiro atoms. The molecule has 0 saturated heterocycles. The summed E-state index contributed by atoms with van der Waals surface area (Å²) in [5.74, 6) is 0.701. The Morgan fingerprint density at radius 1 is 1.33 bits per heavy atom. The lowest BCUT2D eigenvalue weighted by molar-refractivity contribution is 0.630. The second-order valence-corrected chi connectivity index (χ2v) is 3.89. The van der Waals surface area contributed by atoms with Crippen LogP contribution >= 0.6 is 0 Å². The van der Waals surface area contributed by atoms with Crippen molar-refractivity contribution in [2.45, 2.75) is 26.2 Å². The summed E-state index contributed by atoms with van der Waals surface area (Å²) in [5.41, 5.74) is 1.46. The van der Waals surface area contributed by atoms with Gasteiger partial charge in [-0.25, -0.2) is 4.39 Å². The number of hydrogen-bond donors (Lipinski definition) is 1. The summed E-state index contributed by atoms with van der Waals surface area (Å²) in [6.07, 6.45) is 3.20. The van der Waals surface area contributed by atoms with Gasteiger partial charge in [0.2, 0.25) is 0 Å². The van der Waals surface area contributed by atoms with E-state index in [4.69, 9.17) is 0 Å². The van der Waals surface area contributed by atoms with Crippen molar-refractivity contribution in [2.75, 3.05) is 11.9 Å². The standard InChI is InChI=1S/C12H15FN2/c1-9-5-6-11(10(13)8-9)15-12-4-2-3-7-14-12/h5-6,8H,2-4,7H2,1H3,(H,14,15). The molecule has 1 aliphatic rings. The highest BCUT2D eigenvalue weighted by Crippen LogP contribution is 2.17. The van der Waals surface area contributed by atoms with Crippen LogP contribution in [-0.4, -0.2) is 12.4 Å². The highest BCUT2D eigenvalue weighted by molar-refractivity contribution is 5.95. The van der Waals surface area contributed by atoms with Gasteiger partial charge in [0, 0.05) is 13.0 Å². The van der Waals surface area contributed by atoms with Crippen LogP contribution in [0.15, 0.2) is 23.2 Å². The van der Waals surface area contributed by atoms with Gasteiger partial charge in [0.15, 0.2) is 0 Å². The molecule has 0 saturated carbocycles. The summed E-state index contributed by atoms with van der Waals surface area (Å²) in [6, 6.07) is 5.20. The number of aliphatic imine (C=N–C) groups is 1. The molecule has 1 aromatic rings. The Morgan fingerprint density at radius 2 is 2.20 bits per heavy atom. The zero-order chi connectivity index (χ0) is 10.7. The first-order valence-corrected chi connectivity index (χ1v) is 5.32. The second-order valence-electron chi connectivity index (χ2n) is 3.89. The van der Waals surface area contributed by atoms with Crippen molar-refractivity contribution >= 4 is 11.5 Å². The van der Waals surface area contributed by atoms with Crippen molar-refractivity contribution in [1.82, 2.24) is 0 Å². The van der Waals surface area contributed by atoms with Gasteiger partial charge in [-0.1, -0.05) is 6.07 Å². The zero-order valence-electron chi connectivity index (χ0n) is 8.89. The minimum Gasteiger partial charge on any atom is -0.342 e. The highest BCUT2D eigenvalue weighted by Gasteiger charge is 2.08. The molecule has 1 aliphatic heterocycles. The van der Waals surface area contributed by atoms with Crippen LogP contribution < -0.4 is 5.32 Å². The summed E-state index contributed by atoms with van der Waals surface area (Å²) in [7, 11) is 0. The van der Waals surface area contributed by atoms with Gasteiger partial charge in [0.05, 0.1) is 5.69 Å². The van der Waals surface area contributed by atoms with E-state index in [1.165, 1.54) is 6.07 Å². The Morgan fingerprint density at radius 3 is 2.87 bits per heavy atom. The van der Waals surface area contributed by atoms with Crippen molar-refractivity contribution in [2.24, 2.45) is 4.99 Å². The quantitative estimate of drug-likeness (QED) is 0.750. The van der Waals surface area contributed by atoms with Crippen molar-refractivity contribution in [3.05, 3.63) is 29.6 Å². The number of nitrogens with zero attached hydrogens (tertiary/aromatic N) is 1. The predicted molar refractivity (Wildman–Crippen MR) is 60.9 cm³/mol. The minimum absolute atomic E-state index is 0.205. The number of aryl methyl sites for hydroxylation is 1. The van der Waals surface area contributed by atoms with Crippen LogP contribution in [0, 0.1) is 12.7 Å². The third-order valence-corrected chi connectivity index (χ3v) is 2.53. The molecule has 1 aromatic carbocycles. The van der Waals surface area contributed by atoms with Crippen LogP contribution in [0.1, 0.15) is 24.8 Å². The zero-order valence-corrected chi connectivity index (χ0v) is 8.89. The van der Waals surface area contributed by atoms with Crippen molar-refractivity contribution in [1.29, 1.82) is 0 Å². The Labute approximate surface area is 89.2 Å². The molecule has 0 unspecified atom stereocenters. The van der Waals surface area contributed by atoms with Gasteiger partial charge in [-0.2, -0.15) is 0 Å². The average molecular weight is 206 g/mol. The minimum atomic E-state index is -0.205. The van der Waals surface area contributed by atoms with Gasteiger partial charge in [-0.15, -0.1) is 0 Å². The summed E-state index contributed by atoms with van der Waals surface area (Å²) in [6.45, 7) is 2.74. The molecule has 2 nitrogen and oxygen atoms in total. The largest absolute Gasteiger partial charge is 0.342 e. The van der Waals surface area contributed by atoms with Gasteiger partial charge < -0.3 is 5.32 Å². The lowest BCUT2D eigenvalue weighted by atomic mass is 10.1. The van der Waals surface area contributed by atoms with E-state index in [0.717, 1.165) is 37.2 Å². The number of amidine groups is 1. The number of nitrogens with one attached hydrogen (secondary N) is 1. The fourth-order valence-electron chi connectivity index (χ4n) is 1.68. The summed E-state index contributed by atoms with van der Waals surface area (Å²) in [4.78, 5) is 4.33. The smallest absolute Gasteiger partial charge is 0.146 e. The first kappa shape index (κ1) is 10.1. The topological polar surface area (TPSA) is 24.4 Å². The fraction of sp³-hybridized carbons (Fsp3) is 0.417. The van der Waals surface area contributed by atoms with E-state index in [2.05, 4.69) is 10.3 Å². The first-order valence-electron chi connectivity index (χ1n) is 5.32. The molecule has 2 rings (SSSR count). The third kappa shape index (κ3) is 2.55. The Kier molecular flexibility index (Phi) is 2.99. The maximum absolute atomic E-state index is 13.5. The van der Waals surface area contributed by atoms with Crippen molar-refractivity contribution < 1.29 is 4.39 Å². The number of halogens is 1. The van der Waals surface area contributed by atoms with Crippen LogP contribution in [-0.2, 0) is 0 Å². The highest BCUT2D eigenvalue weighted by atomic mass is 19.1. The van der Waals surface area contributed by atoms with Crippen LogP contribution in [0.3, 0.4) is 0 Å². The number of anilines is 1. The molecule has 0 fully saturated rings. The molecule has 0 radical (unpaired) electrons. The van der Waals surface area contributed by atoms with E-state index >= 15 is 0 Å². The molecule has 15 heavy (non-hydrogen) atoms. The lowest BCUT2D eigenvalue weighted by Crippen LogP contribution is -2.16. The van der Waals surface area contributed by atoms with Crippen molar-refractivity contribution in [3.8, 4) is 0 Å². The Hall–Kier alpha value is -1.38. The van der Waals surface area contributed by atoms with Gasteiger partial charge in [-0.05, 0) is 37.5 Å². The Balaban J connectivity index is 2.13. The Bertz CT molecular complexity index is 385. The fourth-order valence-corrected chi connectivity index (χ4v) is 1.68. The molecule has 1 N–H and O–H groups in total. The normalized spacial score (nSPS) is 16.0. The molecule has 0 amide bonds. The van der Waals surface area contributed by atoms with Gasteiger partial charge in [-0.3, -0.25) is 4.99 Å². The number of benzene rings is 1. The summed E-state index contributed by atoms with van der Waals surface area (Å²) >= 11 is 0. The molecule has 0 bridgehead atoms. The molecular weight excluding hydrogens is 191 g/mol. The molecule has 3 heteroatoms. The predicted octanol–water partition coefficient (Wildman–Crippen LogP) is 3.13. The van der Waals surface area contributed by atoms with Crippen LogP contribution in [0.25, 0.3) is 0 Å². The maximum atomic E-state index is 13.5. The van der Waals surface area contributed by atoms with E-state index in [9.17, 15) is 4.39 Å². The first-order chi connectivity index (χ1) is 7.25. The van der Waals surface area contributed by atoms with Crippen LogP contribution in [0.4, 0.5) is 10.1 Å². The molecule has 1 heterocycles. The third-order valence-electron chi connectivity index (χ3n) is 2.53. The second kappa shape index (κ2) is 4.43. The van der Waals surface area contributed by atoms with E-state index in [-0.39, 0.29) is 5.82 Å². The lowest BCUT2D eigenvalue weighted by Gasteiger charge is -2.14. The van der Waals surface area contributed by atoms with Gasteiger partial charge >= 0.3 is 0 Å². The monoisotopic (exact) mass is 206 g/mol. The maximum Gasteiger partial charge on any atom is 0.146 e. The van der Waals surface area contributed by atoms with E-state index in [1.807, 2.05) is 13.0 Å². The molecule has 80 valence electrons. The van der Waals surface area contributed by atoms with E-state index in [1.54, 1.807) is 6.07 Å². The molecule has 0 atom stereocenters. The van der Waals surface area contributed by atoms with Gasteiger partial charge in [0.25, 0.3) is 0 Å². The SMILES string of the molecule is Cc1ccc(NC2=NCCCC2)c(F)c1. The molecule has 0 aromatic heterocycles. The van der Waals surface area contributed by atoms with Crippen LogP contribution in [0.5, 0.6) is 0 Å². The molecular formula is C12H15FN2. The summed E-state index contributed by atoms with van der Waals surface area (Å²) < 4.78 is 13.5. The number of hydrogen-bond acceptors (Lipinski definition) is 2.